The van der Waals surface area contributed by atoms with Gasteiger partial charge in [-0.3, -0.25) is 40.0 Å². The van der Waals surface area contributed by atoms with Crippen LogP contribution < -0.4 is 5.23 Å². The van der Waals surface area contributed by atoms with Gasteiger partial charge in [-0.05, 0) is 0 Å². The monoisotopic (exact) mass is 288 g/mol. The molecule has 0 N–H and O–H groups in total. The molecule has 0 saturated heterocycles. The van der Waals surface area contributed by atoms with Gasteiger partial charge in [-0.15, -0.1) is 5.23 Å². The molecule has 0 amide bonds. The lowest BCUT2D eigenvalue weighted by molar-refractivity contribution is -0.402. The molecule has 1 aromatic rings. The summed E-state index contributed by atoms with van der Waals surface area (Å²) in [6, 6.07) is 1.15. The summed E-state index contributed by atoms with van der Waals surface area (Å²) in [5, 5.41) is 32.9. The van der Waals surface area contributed by atoms with E-state index in [9.17, 15) is 30.3 Å². The molecule has 0 unspecified atom stereocenters. The lowest BCUT2D eigenvalue weighted by Gasteiger charge is -2.17. The molecule has 108 valence electrons. The largest absolute Gasteiger partial charge is 0.311 e. The maximum absolute atomic E-state index is 10.9. The van der Waals surface area contributed by atoms with Gasteiger partial charge in [0.05, 0.1) is 41.1 Å². The van der Waals surface area contributed by atoms with Gasteiger partial charge in [0, 0.05) is 0 Å². The molecule has 20 heavy (non-hydrogen) atoms. The molecule has 12 heteroatoms. The molecule has 1 rings (SSSR count). The van der Waals surface area contributed by atoms with Crippen LogP contribution in [0.15, 0.2) is 12.1 Å². The Bertz CT molecular complexity index is 535. The average molecular weight is 288 g/mol. The van der Waals surface area contributed by atoms with Crippen LogP contribution in [-0.2, 0) is 9.68 Å². The third kappa shape index (κ3) is 2.76. The van der Waals surface area contributed by atoms with Gasteiger partial charge in [0.1, 0.15) is 0 Å². The SMILES string of the molecule is CON(OC)c1c([N+](=O)[O-])cc([N+](=O)[O-])cc1[N+](=O)[O-]. The smallest absolute Gasteiger partial charge is 0.258 e. The highest BCUT2D eigenvalue weighted by Gasteiger charge is 2.35. The van der Waals surface area contributed by atoms with E-state index in [-0.39, 0.29) is 0 Å². The predicted molar refractivity (Wildman–Crippen MR) is 62.9 cm³/mol. The first kappa shape index (κ1) is 15.2. The van der Waals surface area contributed by atoms with Crippen LogP contribution in [0.2, 0.25) is 0 Å². The lowest BCUT2D eigenvalue weighted by Crippen LogP contribution is -2.22. The van der Waals surface area contributed by atoms with Crippen LogP contribution in [0.1, 0.15) is 0 Å². The van der Waals surface area contributed by atoms with Crippen molar-refractivity contribution >= 4 is 22.7 Å². The summed E-state index contributed by atoms with van der Waals surface area (Å²) in [7, 11) is 2.11. The molecule has 0 atom stereocenters. The van der Waals surface area contributed by atoms with Gasteiger partial charge < -0.3 is 0 Å². The van der Waals surface area contributed by atoms with Gasteiger partial charge >= 0.3 is 11.4 Å². The summed E-state index contributed by atoms with van der Waals surface area (Å²) in [4.78, 5) is 38.7. The van der Waals surface area contributed by atoms with Crippen LogP contribution >= 0.6 is 0 Å². The number of anilines is 1. The van der Waals surface area contributed by atoms with E-state index in [2.05, 4.69) is 9.68 Å². The van der Waals surface area contributed by atoms with Crippen LogP contribution in [-0.4, -0.2) is 29.0 Å². The van der Waals surface area contributed by atoms with Crippen molar-refractivity contribution in [3.8, 4) is 0 Å². The number of hydrogen-bond donors (Lipinski definition) is 0. The second-order valence-electron chi connectivity index (χ2n) is 3.23. The number of nitrogens with zero attached hydrogens (tertiary/aromatic N) is 4. The minimum absolute atomic E-state index is 0.417. The first-order valence-electron chi connectivity index (χ1n) is 4.83. The number of hydrogen-bond acceptors (Lipinski definition) is 9. The zero-order valence-corrected chi connectivity index (χ0v) is 10.2. The van der Waals surface area contributed by atoms with Crippen molar-refractivity contribution in [2.24, 2.45) is 0 Å². The van der Waals surface area contributed by atoms with Crippen molar-refractivity contribution in [2.45, 2.75) is 0 Å². The molecule has 1 aromatic carbocycles. The lowest BCUT2D eigenvalue weighted by atomic mass is 10.2. The molecule has 0 fully saturated rings. The summed E-state index contributed by atoms with van der Waals surface area (Å²) >= 11 is 0. The maximum atomic E-state index is 10.9. The summed E-state index contributed by atoms with van der Waals surface area (Å²) in [5.41, 5.74) is -3.24. The van der Waals surface area contributed by atoms with Gasteiger partial charge in [0.25, 0.3) is 5.69 Å². The quantitative estimate of drug-likeness (QED) is 0.557. The van der Waals surface area contributed by atoms with Gasteiger partial charge in [0.15, 0.2) is 0 Å². The number of non-ortho nitro benzene ring substituents is 1. The van der Waals surface area contributed by atoms with E-state index >= 15 is 0 Å². The molecule has 0 aliphatic rings. The Kier molecular flexibility index (Phi) is 4.45. The molecule has 12 nitrogen and oxygen atoms in total. The third-order valence-electron chi connectivity index (χ3n) is 2.17. The summed E-state index contributed by atoms with van der Waals surface area (Å²) < 4.78 is 0. The van der Waals surface area contributed by atoms with Crippen molar-refractivity contribution in [3.05, 3.63) is 42.5 Å². The van der Waals surface area contributed by atoms with Crippen LogP contribution in [0.4, 0.5) is 22.7 Å². The Balaban J connectivity index is 3.72. The van der Waals surface area contributed by atoms with Crippen LogP contribution in [0, 0.1) is 30.3 Å². The van der Waals surface area contributed by atoms with Crippen molar-refractivity contribution in [1.29, 1.82) is 0 Å². The van der Waals surface area contributed by atoms with Crippen molar-refractivity contribution in [2.75, 3.05) is 19.4 Å². The molecule has 0 saturated carbocycles. The van der Waals surface area contributed by atoms with Crippen LogP contribution in [0.3, 0.4) is 0 Å². The molecule has 0 radical (unpaired) electrons. The minimum Gasteiger partial charge on any atom is -0.258 e. The van der Waals surface area contributed by atoms with Crippen molar-refractivity contribution in [1.82, 2.24) is 0 Å². The third-order valence-corrected chi connectivity index (χ3v) is 2.17. The van der Waals surface area contributed by atoms with E-state index in [1.165, 1.54) is 0 Å². The van der Waals surface area contributed by atoms with E-state index < -0.39 is 37.5 Å². The molecule has 0 aromatic heterocycles. The summed E-state index contributed by atoms with van der Waals surface area (Å²) in [6.45, 7) is 0. The van der Waals surface area contributed by atoms with E-state index in [1.54, 1.807) is 0 Å². The van der Waals surface area contributed by atoms with Crippen LogP contribution in [0.5, 0.6) is 0 Å². The minimum atomic E-state index is -1.01. The molecular formula is C8H8N4O8. The Morgan fingerprint density at radius 2 is 1.30 bits per heavy atom. The van der Waals surface area contributed by atoms with Crippen molar-refractivity contribution < 1.29 is 24.4 Å². The number of nitro groups is 3. The van der Waals surface area contributed by atoms with E-state index in [4.69, 9.17) is 0 Å². The standard InChI is InChI=1S/C8H8N4O8/c1-19-12(20-2)8-6(10(15)16)3-5(9(13)14)4-7(8)11(17)18/h3-4H,1-2H3. The van der Waals surface area contributed by atoms with Gasteiger partial charge in [0.2, 0.25) is 5.69 Å². The highest BCUT2D eigenvalue weighted by molar-refractivity contribution is 5.76. The highest BCUT2D eigenvalue weighted by Crippen LogP contribution is 2.40. The van der Waals surface area contributed by atoms with Gasteiger partial charge in [-0.25, -0.2) is 0 Å². The normalized spacial score (nSPS) is 10.1. The van der Waals surface area contributed by atoms with E-state index in [1.807, 2.05) is 0 Å². The number of nitro benzene ring substituents is 3. The Hall–Kier alpha value is -2.86. The summed E-state index contributed by atoms with van der Waals surface area (Å²) in [5.74, 6) is 0. The summed E-state index contributed by atoms with van der Waals surface area (Å²) in [6.07, 6.45) is 0. The molecule has 0 aliphatic carbocycles. The molecule has 0 spiro atoms. The number of rotatable bonds is 6. The second-order valence-corrected chi connectivity index (χ2v) is 3.23. The predicted octanol–water partition coefficient (Wildman–Crippen LogP) is 1.34. The molecule has 0 aliphatic heterocycles. The topological polar surface area (TPSA) is 151 Å². The zero-order valence-electron chi connectivity index (χ0n) is 10.2. The fourth-order valence-corrected chi connectivity index (χ4v) is 1.42. The highest BCUT2D eigenvalue weighted by atomic mass is 16.9. The first-order valence-corrected chi connectivity index (χ1v) is 4.83. The van der Waals surface area contributed by atoms with Gasteiger partial charge in [-0.1, -0.05) is 0 Å². The van der Waals surface area contributed by atoms with E-state index in [0.717, 1.165) is 14.2 Å². The Morgan fingerprint density at radius 3 is 1.55 bits per heavy atom. The molecule has 0 bridgehead atoms. The molecular weight excluding hydrogens is 280 g/mol. The number of benzene rings is 1. The van der Waals surface area contributed by atoms with Gasteiger partial charge in [-0.2, -0.15) is 0 Å². The maximum Gasteiger partial charge on any atom is 0.311 e. The zero-order chi connectivity index (χ0) is 15.4. The Labute approximate surface area is 110 Å². The Morgan fingerprint density at radius 1 is 0.900 bits per heavy atom. The van der Waals surface area contributed by atoms with Crippen molar-refractivity contribution in [3.63, 3.8) is 0 Å². The van der Waals surface area contributed by atoms with Crippen LogP contribution in [0.25, 0.3) is 0 Å². The fourth-order valence-electron chi connectivity index (χ4n) is 1.42. The fraction of sp³-hybridized carbons (Fsp3) is 0.250. The van der Waals surface area contributed by atoms with E-state index in [0.29, 0.717) is 17.4 Å². The second kappa shape index (κ2) is 5.85. The average Bonchev–Trinajstić information content (AvgIpc) is 2.39. The molecule has 0 heterocycles. The first-order chi connectivity index (χ1) is 9.33.